The van der Waals surface area contributed by atoms with Crippen LogP contribution < -0.4 is 26.8 Å². The van der Waals surface area contributed by atoms with Crippen molar-refractivity contribution in [3.63, 3.8) is 0 Å². The van der Waals surface area contributed by atoms with E-state index in [1.165, 1.54) is 17.2 Å². The Morgan fingerprint density at radius 3 is 2.35 bits per heavy atom. The summed E-state index contributed by atoms with van der Waals surface area (Å²) in [5.74, 6) is -0.422. The second-order valence-electron chi connectivity index (χ2n) is 9.72. The number of carbonyl (C=O) groups excluding carboxylic acids is 2. The minimum Gasteiger partial charge on any atom is -0.387 e. The number of aromatic amines is 1. The second kappa shape index (κ2) is 16.2. The van der Waals surface area contributed by atoms with E-state index >= 15 is 0 Å². The largest absolute Gasteiger partial charge is 2.00 e. The zero-order valence-electron chi connectivity index (χ0n) is 22.7. The first kappa shape index (κ1) is 32.2. The topological polar surface area (TPSA) is 199 Å². The molecule has 0 bridgehead atoms. The van der Waals surface area contributed by atoms with Crippen molar-refractivity contribution in [3.05, 3.63) is 23.0 Å². The van der Waals surface area contributed by atoms with Crippen LogP contribution in [0.25, 0.3) is 11.2 Å². The molecule has 7 N–H and O–H groups in total. The van der Waals surface area contributed by atoms with Crippen LogP contribution in [0.15, 0.2) is 17.4 Å². The van der Waals surface area contributed by atoms with E-state index in [4.69, 9.17) is 4.74 Å². The molecule has 2 aromatic heterocycles. The quantitative estimate of drug-likeness (QED) is 0.118. The predicted octanol–water partition coefficient (Wildman–Crippen LogP) is -2.98. The average molecular weight is 615 g/mol. The van der Waals surface area contributed by atoms with Gasteiger partial charge in [0.2, 0.25) is 5.91 Å². The molecular weight excluding hydrogens is 576 g/mol. The third-order valence-corrected chi connectivity index (χ3v) is 6.93. The van der Waals surface area contributed by atoms with Gasteiger partial charge < -0.3 is 46.1 Å². The number of aliphatic hydroxyl groups is 2. The number of imidazole rings is 1. The number of ether oxygens (including phenoxy) is 1. The van der Waals surface area contributed by atoms with Crippen molar-refractivity contribution < 1.29 is 44.0 Å². The summed E-state index contributed by atoms with van der Waals surface area (Å²) in [6.45, 7) is 6.76. The Bertz CT molecular complexity index is 1140. The van der Waals surface area contributed by atoms with E-state index < -0.39 is 36.0 Å². The summed E-state index contributed by atoms with van der Waals surface area (Å²) in [7, 11) is 0. The van der Waals surface area contributed by atoms with E-state index in [2.05, 4.69) is 36.2 Å². The summed E-state index contributed by atoms with van der Waals surface area (Å²) in [4.78, 5) is 49.6. The second-order valence-corrected chi connectivity index (χ2v) is 9.72. The molecule has 0 unspecified atom stereocenters. The first-order valence-corrected chi connectivity index (χ1v) is 13.6. The number of rotatable bonds is 8. The van der Waals surface area contributed by atoms with Crippen LogP contribution in [0.3, 0.4) is 0 Å². The number of hydrogen-bond donors (Lipinski definition) is 7. The van der Waals surface area contributed by atoms with Crippen molar-refractivity contribution in [3.8, 4) is 0 Å². The van der Waals surface area contributed by atoms with E-state index in [9.17, 15) is 24.6 Å². The van der Waals surface area contributed by atoms with Crippen molar-refractivity contribution >= 4 is 23.0 Å². The fourth-order valence-electron chi connectivity index (χ4n) is 4.72. The van der Waals surface area contributed by atoms with Gasteiger partial charge in [-0.05, 0) is 12.8 Å². The van der Waals surface area contributed by atoms with Crippen molar-refractivity contribution in [2.24, 2.45) is 0 Å². The van der Waals surface area contributed by atoms with E-state index in [0.717, 1.165) is 45.7 Å². The van der Waals surface area contributed by atoms with Gasteiger partial charge in [0.15, 0.2) is 23.5 Å². The number of aliphatic hydroxyl groups excluding tert-OH is 2. The van der Waals surface area contributed by atoms with Crippen molar-refractivity contribution in [2.45, 2.75) is 50.2 Å². The van der Waals surface area contributed by atoms with Crippen molar-refractivity contribution in [1.29, 1.82) is 0 Å². The van der Waals surface area contributed by atoms with Gasteiger partial charge in [-0.25, -0.2) is 9.97 Å². The molecule has 40 heavy (non-hydrogen) atoms. The number of nitrogens with zero attached hydrogens (tertiary/aromatic N) is 4. The molecule has 4 rings (SSSR count). The van der Waals surface area contributed by atoms with Gasteiger partial charge in [-0.2, -0.15) is 0 Å². The van der Waals surface area contributed by atoms with Gasteiger partial charge in [-0.3, -0.25) is 19.0 Å². The van der Waals surface area contributed by atoms with Gasteiger partial charge in [0.1, 0.15) is 12.2 Å². The van der Waals surface area contributed by atoms with E-state index in [-0.39, 0.29) is 36.5 Å². The molecule has 0 aliphatic carbocycles. The molecule has 2 aliphatic rings. The Morgan fingerprint density at radius 2 is 1.65 bits per heavy atom. The standard InChI is InChI=1S/C24H39N9O6.Zn/c34-16(32-12-10-26-8-6-25-7-9-27-11-13-32)4-2-1-3-5-28-23(38)20-18(35)19(36)24(39-20)33-15-31-17-21(33)29-14-30-22(17)37;/h14-15,18-20,24-27,35-36H,1-13H2,(H,28,38)(H,29,30,37);/q;+2/t18-,19+,20-,24+;/m0./s1. The van der Waals surface area contributed by atoms with Crippen molar-refractivity contribution in [1.82, 2.24) is 45.7 Å². The minimum absolute atomic E-state index is 0. The molecule has 2 amide bonds. The third-order valence-electron chi connectivity index (χ3n) is 6.93. The molecule has 2 fully saturated rings. The maximum absolute atomic E-state index is 12.7. The summed E-state index contributed by atoms with van der Waals surface area (Å²) in [6, 6.07) is 0. The number of aromatic nitrogens is 4. The Morgan fingerprint density at radius 1 is 0.975 bits per heavy atom. The summed E-state index contributed by atoms with van der Waals surface area (Å²) < 4.78 is 6.99. The van der Waals surface area contributed by atoms with Crippen molar-refractivity contribution in [2.75, 3.05) is 58.9 Å². The van der Waals surface area contributed by atoms with Crippen LogP contribution in [0.1, 0.15) is 31.9 Å². The molecule has 15 nitrogen and oxygen atoms in total. The number of hydrogen-bond acceptors (Lipinski definition) is 11. The number of H-pyrrole nitrogens is 1. The van der Waals surface area contributed by atoms with Crippen LogP contribution in [0, 0.1) is 0 Å². The number of nitrogens with one attached hydrogen (secondary N) is 5. The SMILES string of the molecule is O=C(NCCCCCC(=O)N1CCNCCNCCNCC1)[C@H]1O[C@@H](n2cnc3c(=O)[nH]cnc32)[C@H](O)[C@@H]1O.[Zn+2]. The minimum atomic E-state index is -1.47. The fourth-order valence-corrected chi connectivity index (χ4v) is 4.72. The molecule has 0 saturated carbocycles. The van der Waals surface area contributed by atoms with Gasteiger partial charge in [0, 0.05) is 65.3 Å². The molecule has 0 radical (unpaired) electrons. The monoisotopic (exact) mass is 613 g/mol. The average Bonchev–Trinajstić information content (AvgIpc) is 3.48. The number of carbonyl (C=O) groups is 2. The molecular formula is C24H39N9O6Zn+2. The Hall–Kier alpha value is -2.33. The molecule has 0 aromatic carbocycles. The molecule has 2 saturated heterocycles. The first-order chi connectivity index (χ1) is 19.0. The molecule has 4 heterocycles. The predicted molar refractivity (Wildman–Crippen MR) is 141 cm³/mol. The van der Waals surface area contributed by atoms with Gasteiger partial charge in [-0.1, -0.05) is 6.42 Å². The van der Waals surface area contributed by atoms with Crippen LogP contribution in [0.5, 0.6) is 0 Å². The maximum atomic E-state index is 12.7. The fraction of sp³-hybridized carbons (Fsp3) is 0.708. The van der Waals surface area contributed by atoms with Gasteiger partial charge >= 0.3 is 19.5 Å². The zero-order chi connectivity index (χ0) is 27.6. The van der Waals surface area contributed by atoms with Crippen LogP contribution in [-0.2, 0) is 33.8 Å². The van der Waals surface area contributed by atoms with E-state index in [1.807, 2.05) is 4.90 Å². The summed E-state index contributed by atoms with van der Waals surface area (Å²) in [5.41, 5.74) is -0.223. The molecule has 0 spiro atoms. The molecule has 4 atom stereocenters. The van der Waals surface area contributed by atoms with Gasteiger partial charge in [0.05, 0.1) is 12.7 Å². The number of unbranched alkanes of at least 4 members (excludes halogenated alkanes) is 2. The molecule has 2 aromatic rings. The Balaban J connectivity index is 0.00000441. The Labute approximate surface area is 244 Å². The van der Waals surface area contributed by atoms with Gasteiger partial charge in [0.25, 0.3) is 11.5 Å². The number of fused-ring (bicyclic) bond motifs is 1. The Kier molecular flexibility index (Phi) is 13.0. The molecule has 2 aliphatic heterocycles. The van der Waals surface area contributed by atoms with E-state index in [0.29, 0.717) is 38.9 Å². The summed E-state index contributed by atoms with van der Waals surface area (Å²) in [6.07, 6.45) is -0.269. The van der Waals surface area contributed by atoms with Crippen LogP contribution in [-0.4, -0.2) is 124 Å². The van der Waals surface area contributed by atoms with Crippen LogP contribution in [0.4, 0.5) is 0 Å². The normalized spacial score (nSPS) is 24.6. The smallest absolute Gasteiger partial charge is 0.387 e. The zero-order valence-corrected chi connectivity index (χ0v) is 25.6. The molecule has 16 heteroatoms. The summed E-state index contributed by atoms with van der Waals surface area (Å²) in [5, 5.41) is 33.7. The third kappa shape index (κ3) is 8.35. The number of amides is 2. The van der Waals surface area contributed by atoms with E-state index in [1.54, 1.807) is 0 Å². The molecule has 216 valence electrons. The van der Waals surface area contributed by atoms with Crippen LogP contribution >= 0.6 is 0 Å². The maximum Gasteiger partial charge on any atom is 2.00 e. The summed E-state index contributed by atoms with van der Waals surface area (Å²) >= 11 is 0. The van der Waals surface area contributed by atoms with Gasteiger partial charge in [-0.15, -0.1) is 0 Å². The first-order valence-electron chi connectivity index (χ1n) is 13.6. The van der Waals surface area contributed by atoms with Crippen LogP contribution in [0.2, 0.25) is 0 Å².